The zero-order chi connectivity index (χ0) is 33.5. The highest BCUT2D eigenvalue weighted by atomic mass is 32.1. The largest absolute Gasteiger partial charge is 0.309 e. The number of hydrogen-bond donors (Lipinski definition) is 0. The van der Waals surface area contributed by atoms with E-state index in [2.05, 4.69) is 191 Å². The van der Waals surface area contributed by atoms with Crippen LogP contribution in [0.1, 0.15) is 0 Å². The number of fused-ring (bicyclic) bond motifs is 11. The van der Waals surface area contributed by atoms with E-state index in [-0.39, 0.29) is 0 Å². The summed E-state index contributed by atoms with van der Waals surface area (Å²) >= 11 is 1.92. The zero-order valence-corrected chi connectivity index (χ0v) is 28.4. The first kappa shape index (κ1) is 28.4. The van der Waals surface area contributed by atoms with Crippen LogP contribution in [0, 0.1) is 0 Å². The van der Waals surface area contributed by atoms with Gasteiger partial charge < -0.3 is 9.13 Å². The predicted molar refractivity (Wildman–Crippen MR) is 219 cm³/mol. The Labute approximate surface area is 298 Å². The van der Waals surface area contributed by atoms with Gasteiger partial charge in [-0.15, -0.1) is 11.3 Å². The SMILES string of the molecule is c1ccc(-c2ccc(-n3c4ccccc4c4c5sc6ccc7c8ccccc8n(-c8ccc(-c9ccccc9)cc8)c7c6c5ccc43)cc2)cc1. The van der Waals surface area contributed by atoms with Crippen molar-refractivity contribution in [1.29, 1.82) is 0 Å². The Morgan fingerprint density at radius 1 is 0.314 bits per heavy atom. The van der Waals surface area contributed by atoms with Gasteiger partial charge in [0, 0.05) is 53.1 Å². The summed E-state index contributed by atoms with van der Waals surface area (Å²) in [7, 11) is 0. The maximum absolute atomic E-state index is 2.48. The molecule has 0 atom stereocenters. The first-order chi connectivity index (χ1) is 25.3. The summed E-state index contributed by atoms with van der Waals surface area (Å²) in [4.78, 5) is 0. The van der Waals surface area contributed by atoms with Crippen molar-refractivity contribution in [3.63, 3.8) is 0 Å². The van der Waals surface area contributed by atoms with E-state index in [4.69, 9.17) is 0 Å². The fraction of sp³-hybridized carbons (Fsp3) is 0. The molecule has 2 nitrogen and oxygen atoms in total. The number of para-hydroxylation sites is 2. The molecule has 0 N–H and O–H groups in total. The molecular formula is C48H30N2S. The minimum absolute atomic E-state index is 1.17. The van der Waals surface area contributed by atoms with E-state index < -0.39 is 0 Å². The Kier molecular flexibility index (Phi) is 6.16. The van der Waals surface area contributed by atoms with Crippen LogP contribution in [0.4, 0.5) is 0 Å². The van der Waals surface area contributed by atoms with Gasteiger partial charge in [0.1, 0.15) is 0 Å². The molecule has 3 heteroatoms. The third-order valence-corrected chi connectivity index (χ3v) is 11.7. The molecule has 11 rings (SSSR count). The van der Waals surface area contributed by atoms with Crippen molar-refractivity contribution in [2.75, 3.05) is 0 Å². The van der Waals surface area contributed by atoms with Crippen LogP contribution < -0.4 is 0 Å². The van der Waals surface area contributed by atoms with Gasteiger partial charge >= 0.3 is 0 Å². The van der Waals surface area contributed by atoms with Crippen LogP contribution in [0.15, 0.2) is 182 Å². The topological polar surface area (TPSA) is 9.86 Å². The summed E-state index contributed by atoms with van der Waals surface area (Å²) in [6, 6.07) is 66.4. The second-order valence-electron chi connectivity index (χ2n) is 13.3. The molecule has 0 spiro atoms. The van der Waals surface area contributed by atoms with E-state index >= 15 is 0 Å². The fourth-order valence-electron chi connectivity index (χ4n) is 8.24. The van der Waals surface area contributed by atoms with Crippen LogP contribution in [-0.2, 0) is 0 Å². The summed E-state index contributed by atoms with van der Waals surface area (Å²) in [5.41, 5.74) is 12.2. The van der Waals surface area contributed by atoms with Crippen molar-refractivity contribution >= 4 is 75.1 Å². The van der Waals surface area contributed by atoms with E-state index in [0.717, 1.165) is 0 Å². The van der Waals surface area contributed by atoms with Crippen LogP contribution in [0.3, 0.4) is 0 Å². The van der Waals surface area contributed by atoms with Crippen LogP contribution in [0.5, 0.6) is 0 Å². The summed E-state index contributed by atoms with van der Waals surface area (Å²) in [5.74, 6) is 0. The van der Waals surface area contributed by atoms with Gasteiger partial charge in [-0.05, 0) is 70.8 Å². The summed E-state index contributed by atoms with van der Waals surface area (Å²) in [6.45, 7) is 0. The fourth-order valence-corrected chi connectivity index (χ4v) is 9.50. The molecule has 0 saturated heterocycles. The molecule has 0 saturated carbocycles. The Hall–Kier alpha value is -6.42. The van der Waals surface area contributed by atoms with Crippen LogP contribution in [0.25, 0.3) is 97.4 Å². The lowest BCUT2D eigenvalue weighted by atomic mass is 10.0. The molecule has 8 aromatic carbocycles. The highest BCUT2D eigenvalue weighted by Crippen LogP contribution is 2.47. The number of nitrogens with zero attached hydrogens (tertiary/aromatic N) is 2. The van der Waals surface area contributed by atoms with E-state index in [1.165, 1.54) is 97.4 Å². The Morgan fingerprint density at radius 2 is 0.824 bits per heavy atom. The Balaban J connectivity index is 1.17. The molecule has 3 aromatic heterocycles. The van der Waals surface area contributed by atoms with Crippen LogP contribution in [-0.4, -0.2) is 9.13 Å². The normalized spacial score (nSPS) is 11.9. The van der Waals surface area contributed by atoms with E-state index in [1.807, 2.05) is 11.3 Å². The van der Waals surface area contributed by atoms with Gasteiger partial charge in [0.05, 0.1) is 22.1 Å². The first-order valence-corrected chi connectivity index (χ1v) is 18.3. The highest BCUT2D eigenvalue weighted by molar-refractivity contribution is 7.27. The van der Waals surface area contributed by atoms with Gasteiger partial charge in [0.15, 0.2) is 0 Å². The minimum Gasteiger partial charge on any atom is -0.309 e. The van der Waals surface area contributed by atoms with Crippen LogP contribution in [0.2, 0.25) is 0 Å². The third kappa shape index (κ3) is 4.22. The van der Waals surface area contributed by atoms with E-state index in [9.17, 15) is 0 Å². The van der Waals surface area contributed by atoms with Crippen molar-refractivity contribution in [1.82, 2.24) is 9.13 Å². The second-order valence-corrected chi connectivity index (χ2v) is 14.4. The second kappa shape index (κ2) is 11.0. The number of hydrogen-bond acceptors (Lipinski definition) is 1. The molecule has 0 amide bonds. The Bertz CT molecular complexity index is 3090. The van der Waals surface area contributed by atoms with Crippen LogP contribution >= 0.6 is 11.3 Å². The lowest BCUT2D eigenvalue weighted by molar-refractivity contribution is 1.18. The third-order valence-electron chi connectivity index (χ3n) is 10.5. The molecule has 0 aliphatic rings. The molecule has 11 aromatic rings. The maximum Gasteiger partial charge on any atom is 0.0634 e. The Morgan fingerprint density at radius 3 is 1.47 bits per heavy atom. The van der Waals surface area contributed by atoms with Gasteiger partial charge in [-0.1, -0.05) is 133 Å². The number of rotatable bonds is 4. The highest BCUT2D eigenvalue weighted by Gasteiger charge is 2.21. The maximum atomic E-state index is 2.48. The van der Waals surface area contributed by atoms with Crippen molar-refractivity contribution < 1.29 is 0 Å². The van der Waals surface area contributed by atoms with Crippen molar-refractivity contribution in [2.24, 2.45) is 0 Å². The van der Waals surface area contributed by atoms with E-state index in [0.29, 0.717) is 0 Å². The standard InChI is InChI=1S/C48H30N2S/c1-3-11-31(12-4-1)33-19-23-35(24-20-33)49-42-18-10-8-16-39(42)45-43(49)29-27-40-46-44(51-48(40)45)30-28-38-37-15-7-9-17-41(37)50(47(38)46)36-25-21-34(22-26-36)32-13-5-2-6-14-32/h1-30H. The van der Waals surface area contributed by atoms with E-state index in [1.54, 1.807) is 0 Å². The summed E-state index contributed by atoms with van der Waals surface area (Å²) < 4.78 is 7.56. The molecule has 0 bridgehead atoms. The predicted octanol–water partition coefficient (Wildman–Crippen LogP) is 13.6. The molecule has 0 unspecified atom stereocenters. The van der Waals surface area contributed by atoms with Crippen molar-refractivity contribution in [3.05, 3.63) is 182 Å². The molecule has 0 radical (unpaired) electrons. The number of thiophene rings is 1. The molecule has 0 fully saturated rings. The number of benzene rings is 8. The first-order valence-electron chi connectivity index (χ1n) is 17.4. The molecule has 51 heavy (non-hydrogen) atoms. The average molecular weight is 667 g/mol. The average Bonchev–Trinajstić information content (AvgIpc) is 3.86. The van der Waals surface area contributed by atoms with Gasteiger partial charge in [0.25, 0.3) is 0 Å². The van der Waals surface area contributed by atoms with Gasteiger partial charge in [-0.25, -0.2) is 0 Å². The lowest BCUT2D eigenvalue weighted by Crippen LogP contribution is -1.94. The monoisotopic (exact) mass is 666 g/mol. The molecular weight excluding hydrogens is 637 g/mol. The van der Waals surface area contributed by atoms with Gasteiger partial charge in [-0.3, -0.25) is 0 Å². The molecule has 3 heterocycles. The number of aromatic nitrogens is 2. The zero-order valence-electron chi connectivity index (χ0n) is 27.6. The van der Waals surface area contributed by atoms with Gasteiger partial charge in [0.2, 0.25) is 0 Å². The smallest absolute Gasteiger partial charge is 0.0634 e. The molecule has 0 aliphatic carbocycles. The van der Waals surface area contributed by atoms with Crippen molar-refractivity contribution in [3.8, 4) is 33.6 Å². The lowest BCUT2D eigenvalue weighted by Gasteiger charge is -2.11. The quantitative estimate of drug-likeness (QED) is 0.177. The summed E-state index contributed by atoms with van der Waals surface area (Å²) in [5, 5.41) is 7.79. The minimum atomic E-state index is 1.17. The van der Waals surface area contributed by atoms with Crippen molar-refractivity contribution in [2.45, 2.75) is 0 Å². The van der Waals surface area contributed by atoms with Gasteiger partial charge in [-0.2, -0.15) is 0 Å². The summed E-state index contributed by atoms with van der Waals surface area (Å²) in [6.07, 6.45) is 0. The molecule has 238 valence electrons. The molecule has 0 aliphatic heterocycles.